The number of hydroxylamine groups is 1. The standard InChI is InChI=1S/C21H23FN4O2/c22-17-12-15(10-11-16(17)20(27)25-28)23-21-24-18-8-4-5-9-19(18)26(21)13-14-6-2-1-3-7-14/h4-5,8-12,14,28H,1-3,6-7,13H2,(H,23,24)(H,25,27). The molecule has 7 heteroatoms. The number of fused-ring (bicyclic) bond motifs is 1. The average Bonchev–Trinajstić information content (AvgIpc) is 3.05. The Labute approximate surface area is 162 Å². The molecule has 0 saturated heterocycles. The van der Waals surface area contributed by atoms with E-state index in [-0.39, 0.29) is 5.56 Å². The highest BCUT2D eigenvalue weighted by Gasteiger charge is 2.19. The highest BCUT2D eigenvalue weighted by Crippen LogP contribution is 2.30. The topological polar surface area (TPSA) is 79.2 Å². The summed E-state index contributed by atoms with van der Waals surface area (Å²) in [5, 5.41) is 11.9. The molecule has 0 atom stereocenters. The molecule has 3 aromatic rings. The van der Waals surface area contributed by atoms with Crippen LogP contribution in [0.25, 0.3) is 11.0 Å². The minimum atomic E-state index is -0.881. The van der Waals surface area contributed by atoms with E-state index in [1.807, 2.05) is 24.3 Å². The van der Waals surface area contributed by atoms with E-state index in [1.165, 1.54) is 49.7 Å². The van der Waals surface area contributed by atoms with Crippen LogP contribution in [-0.2, 0) is 6.54 Å². The summed E-state index contributed by atoms with van der Waals surface area (Å²) in [6, 6.07) is 12.1. The number of imidazole rings is 1. The molecule has 1 saturated carbocycles. The molecule has 3 N–H and O–H groups in total. The summed E-state index contributed by atoms with van der Waals surface area (Å²) < 4.78 is 16.4. The Morgan fingerprint density at radius 3 is 2.71 bits per heavy atom. The van der Waals surface area contributed by atoms with E-state index in [0.717, 1.165) is 17.6 Å². The molecule has 4 rings (SSSR count). The maximum atomic E-state index is 14.2. The van der Waals surface area contributed by atoms with Crippen LogP contribution in [0.3, 0.4) is 0 Å². The van der Waals surface area contributed by atoms with Crippen molar-refractivity contribution < 1.29 is 14.4 Å². The van der Waals surface area contributed by atoms with Gasteiger partial charge in [-0.3, -0.25) is 10.0 Å². The van der Waals surface area contributed by atoms with E-state index in [2.05, 4.69) is 14.9 Å². The van der Waals surface area contributed by atoms with Crippen LogP contribution >= 0.6 is 0 Å². The second-order valence-corrected chi connectivity index (χ2v) is 7.30. The normalized spacial score (nSPS) is 14.9. The molecular formula is C21H23FN4O2. The van der Waals surface area contributed by atoms with Crippen molar-refractivity contribution in [1.29, 1.82) is 0 Å². The fourth-order valence-corrected chi connectivity index (χ4v) is 3.95. The van der Waals surface area contributed by atoms with Gasteiger partial charge in [0.05, 0.1) is 16.6 Å². The third kappa shape index (κ3) is 3.71. The number of halogens is 1. The highest BCUT2D eigenvalue weighted by molar-refractivity contribution is 5.94. The predicted molar refractivity (Wildman–Crippen MR) is 105 cm³/mol. The number of aromatic nitrogens is 2. The zero-order chi connectivity index (χ0) is 19.5. The molecule has 6 nitrogen and oxygen atoms in total. The molecule has 1 fully saturated rings. The third-order valence-electron chi connectivity index (χ3n) is 5.39. The van der Waals surface area contributed by atoms with Crippen molar-refractivity contribution in [2.45, 2.75) is 38.6 Å². The van der Waals surface area contributed by atoms with Gasteiger partial charge >= 0.3 is 0 Å². The van der Waals surface area contributed by atoms with Gasteiger partial charge < -0.3 is 9.88 Å². The average molecular weight is 382 g/mol. The first-order valence-corrected chi connectivity index (χ1v) is 9.62. The van der Waals surface area contributed by atoms with Crippen LogP contribution in [0.4, 0.5) is 16.0 Å². The molecule has 1 heterocycles. The summed E-state index contributed by atoms with van der Waals surface area (Å²) >= 11 is 0. The monoisotopic (exact) mass is 382 g/mol. The molecule has 0 spiro atoms. The number of hydrogen-bond donors (Lipinski definition) is 3. The molecule has 1 amide bonds. The molecule has 28 heavy (non-hydrogen) atoms. The lowest BCUT2D eigenvalue weighted by atomic mass is 9.89. The quantitative estimate of drug-likeness (QED) is 0.444. The Balaban J connectivity index is 1.65. The first-order chi connectivity index (χ1) is 13.7. The Bertz CT molecular complexity index is 995. The number of nitrogens with one attached hydrogen (secondary N) is 2. The van der Waals surface area contributed by atoms with Crippen molar-refractivity contribution in [2.75, 3.05) is 5.32 Å². The molecule has 1 aliphatic rings. The van der Waals surface area contributed by atoms with Crippen molar-refractivity contribution >= 4 is 28.6 Å². The van der Waals surface area contributed by atoms with Gasteiger partial charge in [-0.2, -0.15) is 0 Å². The summed E-state index contributed by atoms with van der Waals surface area (Å²) in [5.74, 6) is -0.329. The van der Waals surface area contributed by atoms with Gasteiger partial charge in [-0.05, 0) is 49.1 Å². The van der Waals surface area contributed by atoms with Crippen LogP contribution < -0.4 is 10.8 Å². The summed E-state index contributed by atoms with van der Waals surface area (Å²) in [4.78, 5) is 16.1. The SMILES string of the molecule is O=C(NO)c1ccc(Nc2nc3ccccc3n2CC2CCCCC2)cc1F. The number of hydrogen-bond acceptors (Lipinski definition) is 4. The number of carbonyl (C=O) groups is 1. The van der Waals surface area contributed by atoms with Crippen LogP contribution in [0.5, 0.6) is 0 Å². The van der Waals surface area contributed by atoms with E-state index >= 15 is 0 Å². The van der Waals surface area contributed by atoms with E-state index < -0.39 is 11.7 Å². The fourth-order valence-electron chi connectivity index (χ4n) is 3.95. The summed E-state index contributed by atoms with van der Waals surface area (Å²) in [6.07, 6.45) is 6.26. The zero-order valence-electron chi connectivity index (χ0n) is 15.5. The molecule has 1 aromatic heterocycles. The van der Waals surface area contributed by atoms with Crippen LogP contribution in [0.15, 0.2) is 42.5 Å². The Hall–Kier alpha value is -2.93. The van der Waals surface area contributed by atoms with Gasteiger partial charge in [-0.25, -0.2) is 14.9 Å². The number of para-hydroxylation sites is 2. The number of nitrogens with zero attached hydrogens (tertiary/aromatic N) is 2. The predicted octanol–water partition coefficient (Wildman–Crippen LogP) is 4.62. The first-order valence-electron chi connectivity index (χ1n) is 9.62. The van der Waals surface area contributed by atoms with Gasteiger partial charge in [0.1, 0.15) is 5.82 Å². The molecule has 2 aromatic carbocycles. The molecule has 0 radical (unpaired) electrons. The highest BCUT2D eigenvalue weighted by atomic mass is 19.1. The summed E-state index contributed by atoms with van der Waals surface area (Å²) in [7, 11) is 0. The van der Waals surface area contributed by atoms with Crippen LogP contribution in [-0.4, -0.2) is 20.7 Å². The summed E-state index contributed by atoms with van der Waals surface area (Å²) in [6.45, 7) is 0.871. The van der Waals surface area contributed by atoms with E-state index in [9.17, 15) is 9.18 Å². The van der Waals surface area contributed by atoms with Crippen LogP contribution in [0, 0.1) is 11.7 Å². The third-order valence-corrected chi connectivity index (χ3v) is 5.39. The zero-order valence-corrected chi connectivity index (χ0v) is 15.5. The maximum Gasteiger partial charge on any atom is 0.277 e. The number of benzene rings is 2. The van der Waals surface area contributed by atoms with E-state index in [4.69, 9.17) is 5.21 Å². The molecule has 146 valence electrons. The molecule has 1 aliphatic carbocycles. The second kappa shape index (κ2) is 7.98. The van der Waals surface area contributed by atoms with E-state index in [1.54, 1.807) is 6.07 Å². The Morgan fingerprint density at radius 1 is 1.18 bits per heavy atom. The Morgan fingerprint density at radius 2 is 1.96 bits per heavy atom. The first kappa shape index (κ1) is 18.4. The molecular weight excluding hydrogens is 359 g/mol. The van der Waals surface area contributed by atoms with Gasteiger partial charge in [0.2, 0.25) is 5.95 Å². The Kier molecular flexibility index (Phi) is 5.25. The lowest BCUT2D eigenvalue weighted by Gasteiger charge is -2.23. The minimum absolute atomic E-state index is 0.219. The lowest BCUT2D eigenvalue weighted by molar-refractivity contribution is 0.0702. The van der Waals surface area contributed by atoms with Crippen molar-refractivity contribution in [3.8, 4) is 0 Å². The minimum Gasteiger partial charge on any atom is -0.325 e. The van der Waals surface area contributed by atoms with Gasteiger partial charge in [-0.15, -0.1) is 0 Å². The van der Waals surface area contributed by atoms with Gasteiger partial charge in [0.15, 0.2) is 0 Å². The number of amides is 1. The van der Waals surface area contributed by atoms with Crippen molar-refractivity contribution in [1.82, 2.24) is 15.0 Å². The van der Waals surface area contributed by atoms with Gasteiger partial charge in [0.25, 0.3) is 5.91 Å². The second-order valence-electron chi connectivity index (χ2n) is 7.30. The smallest absolute Gasteiger partial charge is 0.277 e. The largest absolute Gasteiger partial charge is 0.325 e. The van der Waals surface area contributed by atoms with Gasteiger partial charge in [-0.1, -0.05) is 31.4 Å². The number of anilines is 2. The fraction of sp³-hybridized carbons (Fsp3) is 0.333. The molecule has 0 aliphatic heterocycles. The van der Waals surface area contributed by atoms with Crippen LogP contribution in [0.1, 0.15) is 42.5 Å². The van der Waals surface area contributed by atoms with Crippen LogP contribution in [0.2, 0.25) is 0 Å². The summed E-state index contributed by atoms with van der Waals surface area (Å²) in [5.41, 5.74) is 3.66. The number of rotatable bonds is 5. The maximum absolute atomic E-state index is 14.2. The lowest BCUT2D eigenvalue weighted by Crippen LogP contribution is -2.20. The van der Waals surface area contributed by atoms with Gasteiger partial charge in [0, 0.05) is 12.2 Å². The molecule has 0 bridgehead atoms. The van der Waals surface area contributed by atoms with E-state index in [0.29, 0.717) is 17.6 Å². The van der Waals surface area contributed by atoms with Crippen molar-refractivity contribution in [3.63, 3.8) is 0 Å². The van der Waals surface area contributed by atoms with Crippen molar-refractivity contribution in [2.24, 2.45) is 5.92 Å². The molecule has 0 unspecified atom stereocenters. The number of carbonyl (C=O) groups excluding carboxylic acids is 1. The van der Waals surface area contributed by atoms with Crippen molar-refractivity contribution in [3.05, 3.63) is 53.8 Å².